The number of benzene rings is 1. The molecule has 1 unspecified atom stereocenters. The average molecular weight is 425 g/mol. The highest BCUT2D eigenvalue weighted by atomic mass is 19.1. The number of likely N-dealkylation sites (N-methyl/N-ethyl adjacent to an activating group) is 1. The Hall–Kier alpha value is -2.71. The normalized spacial score (nSPS) is 22.4. The highest BCUT2D eigenvalue weighted by Gasteiger charge is 2.30. The van der Waals surface area contributed by atoms with Crippen LogP contribution >= 0.6 is 0 Å². The van der Waals surface area contributed by atoms with Gasteiger partial charge >= 0.3 is 0 Å². The molecule has 2 atom stereocenters. The Balaban J connectivity index is 1.55. The summed E-state index contributed by atoms with van der Waals surface area (Å²) in [6, 6.07) is 7.58. The molecule has 4 heterocycles. The zero-order chi connectivity index (χ0) is 21.5. The fraction of sp³-hybridized carbons (Fsp3) is 0.478. The van der Waals surface area contributed by atoms with E-state index in [1.165, 1.54) is 6.07 Å². The van der Waals surface area contributed by atoms with Gasteiger partial charge in [-0.05, 0) is 30.2 Å². The van der Waals surface area contributed by atoms with Gasteiger partial charge in [-0.15, -0.1) is 0 Å². The number of hydrogen-bond acceptors (Lipinski definition) is 6. The molecule has 0 radical (unpaired) electrons. The van der Waals surface area contributed by atoms with E-state index in [1.807, 2.05) is 12.3 Å². The average Bonchev–Trinajstić information content (AvgIpc) is 3.19. The molecule has 2 aliphatic heterocycles. The first-order valence-electron chi connectivity index (χ1n) is 11.0. The van der Waals surface area contributed by atoms with Gasteiger partial charge in [-0.25, -0.2) is 13.9 Å². The second kappa shape index (κ2) is 8.09. The monoisotopic (exact) mass is 424 g/mol. The first-order chi connectivity index (χ1) is 15.0. The molecule has 5 rings (SSSR count). The molecule has 1 saturated heterocycles. The zero-order valence-electron chi connectivity index (χ0n) is 18.3. The van der Waals surface area contributed by atoms with E-state index in [2.05, 4.69) is 41.1 Å². The molecule has 2 aromatic heterocycles. The highest BCUT2D eigenvalue weighted by Crippen LogP contribution is 2.31. The van der Waals surface area contributed by atoms with E-state index < -0.39 is 0 Å². The first kappa shape index (κ1) is 20.2. The van der Waals surface area contributed by atoms with Crippen molar-refractivity contribution >= 4 is 11.5 Å². The highest BCUT2D eigenvalue weighted by molar-refractivity contribution is 5.78. The van der Waals surface area contributed by atoms with Crippen LogP contribution in [-0.4, -0.2) is 71.4 Å². The predicted octanol–water partition coefficient (Wildman–Crippen LogP) is 2.66. The molecule has 2 aliphatic rings. The van der Waals surface area contributed by atoms with Crippen LogP contribution in [-0.2, 0) is 0 Å². The van der Waals surface area contributed by atoms with Gasteiger partial charge in [0.25, 0.3) is 0 Å². The van der Waals surface area contributed by atoms with Crippen molar-refractivity contribution in [3.05, 3.63) is 42.5 Å². The van der Waals surface area contributed by atoms with Crippen LogP contribution in [0.2, 0.25) is 0 Å². The van der Waals surface area contributed by atoms with Gasteiger partial charge in [-0.1, -0.05) is 13.8 Å². The summed E-state index contributed by atoms with van der Waals surface area (Å²) in [5.74, 6) is 1.77. The number of rotatable bonds is 1. The molecule has 0 spiro atoms. The number of nitrogens with one attached hydrogen (secondary N) is 1. The molecule has 8 heteroatoms. The number of piperazine rings is 1. The Morgan fingerprint density at radius 1 is 1.19 bits per heavy atom. The predicted molar refractivity (Wildman–Crippen MR) is 119 cm³/mol. The summed E-state index contributed by atoms with van der Waals surface area (Å²) in [5.41, 5.74) is 1.75. The number of fused-ring (bicyclic) bond motifs is 5. The van der Waals surface area contributed by atoms with Crippen LogP contribution in [0, 0.1) is 11.7 Å². The largest absolute Gasteiger partial charge is 0.492 e. The van der Waals surface area contributed by atoms with Crippen molar-refractivity contribution in [2.75, 3.05) is 44.7 Å². The van der Waals surface area contributed by atoms with Gasteiger partial charge in [-0.3, -0.25) is 4.90 Å². The summed E-state index contributed by atoms with van der Waals surface area (Å²) < 4.78 is 22.6. The molecule has 7 nitrogen and oxygen atoms in total. The van der Waals surface area contributed by atoms with Crippen LogP contribution in [0.5, 0.6) is 5.75 Å². The maximum atomic E-state index is 14.8. The molecule has 4 bridgehead atoms. The second-order valence-corrected chi connectivity index (χ2v) is 8.89. The number of aromatic nitrogens is 3. The van der Waals surface area contributed by atoms with Crippen LogP contribution < -0.4 is 15.0 Å². The Morgan fingerprint density at radius 3 is 2.90 bits per heavy atom. The van der Waals surface area contributed by atoms with Crippen molar-refractivity contribution < 1.29 is 9.13 Å². The van der Waals surface area contributed by atoms with Crippen LogP contribution in [0.15, 0.2) is 36.7 Å². The van der Waals surface area contributed by atoms with Gasteiger partial charge in [0.1, 0.15) is 24.0 Å². The molecule has 1 N–H and O–H groups in total. The first-order valence-corrected chi connectivity index (χ1v) is 11.0. The van der Waals surface area contributed by atoms with Crippen molar-refractivity contribution in [3.63, 3.8) is 0 Å². The van der Waals surface area contributed by atoms with Crippen molar-refractivity contribution in [2.24, 2.45) is 5.92 Å². The third-order valence-corrected chi connectivity index (χ3v) is 6.51. The lowest BCUT2D eigenvalue weighted by Crippen LogP contribution is -2.60. The Morgan fingerprint density at radius 2 is 2.06 bits per heavy atom. The molecule has 1 fully saturated rings. The molecule has 164 valence electrons. The van der Waals surface area contributed by atoms with E-state index in [9.17, 15) is 4.39 Å². The van der Waals surface area contributed by atoms with Gasteiger partial charge in [0.15, 0.2) is 5.65 Å². The van der Waals surface area contributed by atoms with Gasteiger partial charge in [-0.2, -0.15) is 5.10 Å². The summed E-state index contributed by atoms with van der Waals surface area (Å²) in [4.78, 5) is 9.48. The molecule has 1 aromatic carbocycles. The Labute approximate surface area is 181 Å². The van der Waals surface area contributed by atoms with E-state index in [4.69, 9.17) is 9.72 Å². The number of anilines is 1. The summed E-state index contributed by atoms with van der Waals surface area (Å²) in [6.45, 7) is 8.68. The minimum atomic E-state index is -0.310. The van der Waals surface area contributed by atoms with Crippen molar-refractivity contribution in [2.45, 2.75) is 25.9 Å². The van der Waals surface area contributed by atoms with Gasteiger partial charge < -0.3 is 15.0 Å². The lowest BCUT2D eigenvalue weighted by Gasteiger charge is -2.42. The standard InChI is InChI=1S/C23H29FN6O/c1-15(2)21-13-29-9-8-28(3)22-6-7-30-23(27-22)19(12-26-30)18-10-17(4-5-20(18)24)31-14-16(29)11-25-21/h4-7,10,12,15-16,21,25H,8-9,11,13-14H2,1-3H3/t16-,21?/m0/s1. The summed E-state index contributed by atoms with van der Waals surface area (Å²) in [5, 5.41) is 8.04. The fourth-order valence-corrected chi connectivity index (χ4v) is 4.42. The molecule has 0 amide bonds. The van der Waals surface area contributed by atoms with Crippen molar-refractivity contribution in [1.29, 1.82) is 0 Å². The van der Waals surface area contributed by atoms with E-state index >= 15 is 0 Å². The van der Waals surface area contributed by atoms with Crippen LogP contribution in [0.1, 0.15) is 13.8 Å². The number of ether oxygens (including phenoxy) is 1. The van der Waals surface area contributed by atoms with Crippen LogP contribution in [0.3, 0.4) is 0 Å². The lowest BCUT2D eigenvalue weighted by atomic mass is 9.99. The molecular weight excluding hydrogens is 395 g/mol. The molecule has 31 heavy (non-hydrogen) atoms. The molecular formula is C23H29FN6O. The Kier molecular flexibility index (Phi) is 5.27. The molecule has 0 saturated carbocycles. The van der Waals surface area contributed by atoms with Gasteiger partial charge in [0.05, 0.1) is 12.2 Å². The second-order valence-electron chi connectivity index (χ2n) is 8.89. The SMILES string of the molecule is CC(C)C1CN2CCN(C)c3ccn4ncc(c4n3)-c3cc(ccc3F)OC[C@@H]2CN1. The van der Waals surface area contributed by atoms with Crippen molar-refractivity contribution in [3.8, 4) is 16.9 Å². The van der Waals surface area contributed by atoms with Crippen LogP contribution in [0.4, 0.5) is 10.2 Å². The topological polar surface area (TPSA) is 57.9 Å². The lowest BCUT2D eigenvalue weighted by molar-refractivity contribution is 0.0803. The van der Waals surface area contributed by atoms with E-state index in [-0.39, 0.29) is 11.9 Å². The maximum Gasteiger partial charge on any atom is 0.165 e. The van der Waals surface area contributed by atoms with Crippen molar-refractivity contribution in [1.82, 2.24) is 24.8 Å². The van der Waals surface area contributed by atoms with Crippen LogP contribution in [0.25, 0.3) is 16.8 Å². The maximum absolute atomic E-state index is 14.8. The number of hydrogen-bond donors (Lipinski definition) is 1. The summed E-state index contributed by atoms with van der Waals surface area (Å²) in [7, 11) is 2.05. The van der Waals surface area contributed by atoms with Gasteiger partial charge in [0, 0.05) is 56.6 Å². The summed E-state index contributed by atoms with van der Waals surface area (Å²) >= 11 is 0. The third-order valence-electron chi connectivity index (χ3n) is 6.51. The van der Waals surface area contributed by atoms with E-state index in [0.29, 0.717) is 41.1 Å². The van der Waals surface area contributed by atoms with Gasteiger partial charge in [0.2, 0.25) is 0 Å². The smallest absolute Gasteiger partial charge is 0.165 e. The minimum Gasteiger partial charge on any atom is -0.492 e. The number of halogens is 1. The Bertz CT molecular complexity index is 1080. The zero-order valence-corrected chi connectivity index (χ0v) is 18.3. The minimum absolute atomic E-state index is 0.252. The molecule has 3 aromatic rings. The van der Waals surface area contributed by atoms with E-state index in [0.717, 1.165) is 32.0 Å². The number of nitrogens with zero attached hydrogens (tertiary/aromatic N) is 5. The quantitative estimate of drug-likeness (QED) is 0.648. The fourth-order valence-electron chi connectivity index (χ4n) is 4.42. The molecule has 0 aliphatic carbocycles. The third kappa shape index (κ3) is 3.85. The summed E-state index contributed by atoms with van der Waals surface area (Å²) in [6.07, 6.45) is 3.54. The van der Waals surface area contributed by atoms with E-state index in [1.54, 1.807) is 22.8 Å².